The fourth-order valence-electron chi connectivity index (χ4n) is 4.91. The van der Waals surface area contributed by atoms with Crippen LogP contribution in [0.5, 0.6) is 0 Å². The molecular formula is C43H69O9P. The minimum atomic E-state index is -4.79. The van der Waals surface area contributed by atoms with Gasteiger partial charge in [-0.15, -0.1) is 0 Å². The fourth-order valence-corrected chi connectivity index (χ4v) is 5.27. The lowest BCUT2D eigenvalue weighted by Crippen LogP contribution is -2.29. The maximum absolute atomic E-state index is 12.4. The predicted molar refractivity (Wildman–Crippen MR) is 216 cm³/mol. The summed E-state index contributed by atoms with van der Waals surface area (Å²) >= 11 is 0. The number of allylic oxidation sites excluding steroid dienone is 14. The SMILES string of the molecule is CC/C=C\C/C=C\C/C=C\C/C=C\C/C=C\CCCCCC(=O)O[C@H](COC(=O)CCCCCCC/C=C\C=C\C(=O)CCCCC)COP(=O)(O)O. The molecule has 300 valence electrons. The lowest BCUT2D eigenvalue weighted by atomic mass is 10.1. The van der Waals surface area contributed by atoms with Crippen molar-refractivity contribution < 1.29 is 42.7 Å². The van der Waals surface area contributed by atoms with Crippen LogP contribution >= 0.6 is 7.82 Å². The summed E-state index contributed by atoms with van der Waals surface area (Å²) in [7, 11) is -4.79. The van der Waals surface area contributed by atoms with Gasteiger partial charge in [-0.3, -0.25) is 18.9 Å². The summed E-state index contributed by atoms with van der Waals surface area (Å²) in [5, 5.41) is 0. The summed E-state index contributed by atoms with van der Waals surface area (Å²) in [6.07, 6.45) is 45.7. The molecule has 0 rings (SSSR count). The van der Waals surface area contributed by atoms with Crippen LogP contribution in [0.4, 0.5) is 0 Å². The highest BCUT2D eigenvalue weighted by molar-refractivity contribution is 7.46. The predicted octanol–water partition coefficient (Wildman–Crippen LogP) is 11.2. The van der Waals surface area contributed by atoms with Crippen molar-refractivity contribution in [2.75, 3.05) is 13.2 Å². The van der Waals surface area contributed by atoms with Gasteiger partial charge < -0.3 is 19.3 Å². The van der Waals surface area contributed by atoms with Crippen LogP contribution in [-0.2, 0) is 32.9 Å². The summed E-state index contributed by atoms with van der Waals surface area (Å²) < 4.78 is 26.3. The second-order valence-corrected chi connectivity index (χ2v) is 14.1. The molecule has 0 aliphatic rings. The zero-order valence-electron chi connectivity index (χ0n) is 32.6. The third-order valence-electron chi connectivity index (χ3n) is 7.87. The van der Waals surface area contributed by atoms with Crippen molar-refractivity contribution in [3.05, 3.63) is 85.1 Å². The molecule has 0 saturated carbocycles. The molecule has 9 nitrogen and oxygen atoms in total. The number of hydrogen-bond donors (Lipinski definition) is 2. The van der Waals surface area contributed by atoms with E-state index in [1.165, 1.54) is 0 Å². The molecule has 2 N–H and O–H groups in total. The summed E-state index contributed by atoms with van der Waals surface area (Å²) in [6.45, 7) is 3.34. The number of hydrogen-bond acceptors (Lipinski definition) is 7. The number of ether oxygens (including phenoxy) is 2. The summed E-state index contributed by atoms with van der Waals surface area (Å²) in [4.78, 5) is 54.5. The molecule has 0 aliphatic heterocycles. The van der Waals surface area contributed by atoms with Crippen molar-refractivity contribution in [2.45, 2.75) is 155 Å². The molecule has 0 aromatic rings. The Bertz CT molecular complexity index is 1190. The highest BCUT2D eigenvalue weighted by atomic mass is 31.2. The van der Waals surface area contributed by atoms with Gasteiger partial charge in [0.1, 0.15) is 6.61 Å². The minimum Gasteiger partial charge on any atom is -0.462 e. The number of phosphoric acid groups is 1. The first kappa shape index (κ1) is 49.9. The third kappa shape index (κ3) is 39.9. The normalized spacial score (nSPS) is 13.3. The van der Waals surface area contributed by atoms with Gasteiger partial charge >= 0.3 is 19.8 Å². The standard InChI is InChI=1S/C43H69O9P/c1-3-5-7-8-9-10-11-12-13-14-15-16-17-18-19-22-26-29-33-37-43(46)52-41(39-51-53(47,48)49)38-50-42(45)36-32-28-25-23-20-21-24-27-31-35-40(44)34-30-6-4-2/h5,7,9-10,12-13,15-16,18-19,24,27,31,35,41H,3-4,6,8,11,14,17,20-23,25-26,28-30,32-34,36-39H2,1-2H3,(H2,47,48,49)/b7-5-,10-9-,13-12-,16-15-,19-18-,27-24-,35-31+/t41-/m1/s1. The molecule has 0 unspecified atom stereocenters. The summed E-state index contributed by atoms with van der Waals surface area (Å²) in [5.74, 6) is -0.823. The molecule has 0 fully saturated rings. The van der Waals surface area contributed by atoms with Crippen molar-refractivity contribution in [1.82, 2.24) is 0 Å². The zero-order chi connectivity index (χ0) is 39.1. The number of carbonyl (C=O) groups is 3. The van der Waals surface area contributed by atoms with E-state index in [0.29, 0.717) is 19.3 Å². The Morgan fingerprint density at radius 1 is 0.566 bits per heavy atom. The van der Waals surface area contributed by atoms with Crippen LogP contribution in [0, 0.1) is 0 Å². The molecule has 0 spiro atoms. The first-order valence-electron chi connectivity index (χ1n) is 19.8. The number of unbranched alkanes of at least 4 members (excludes halogenated alkanes) is 10. The molecule has 0 amide bonds. The largest absolute Gasteiger partial charge is 0.469 e. The zero-order valence-corrected chi connectivity index (χ0v) is 33.5. The van der Waals surface area contributed by atoms with Crippen LogP contribution < -0.4 is 0 Å². The average molecular weight is 761 g/mol. The molecular weight excluding hydrogens is 691 g/mol. The van der Waals surface area contributed by atoms with Crippen molar-refractivity contribution in [1.29, 1.82) is 0 Å². The lowest BCUT2D eigenvalue weighted by Gasteiger charge is -2.18. The maximum Gasteiger partial charge on any atom is 0.469 e. The van der Waals surface area contributed by atoms with Crippen molar-refractivity contribution in [3.63, 3.8) is 0 Å². The maximum atomic E-state index is 12.4. The van der Waals surface area contributed by atoms with Gasteiger partial charge in [0.05, 0.1) is 6.61 Å². The van der Waals surface area contributed by atoms with Crippen molar-refractivity contribution in [2.24, 2.45) is 0 Å². The van der Waals surface area contributed by atoms with Gasteiger partial charge in [0.15, 0.2) is 11.9 Å². The monoisotopic (exact) mass is 760 g/mol. The Balaban J connectivity index is 4.11. The Hall–Kier alpha value is -3.10. The quantitative estimate of drug-likeness (QED) is 0.0161. The van der Waals surface area contributed by atoms with Crippen LogP contribution in [0.3, 0.4) is 0 Å². The van der Waals surface area contributed by atoms with E-state index in [1.807, 2.05) is 6.08 Å². The number of carbonyl (C=O) groups excluding carboxylic acids is 3. The van der Waals surface area contributed by atoms with Crippen LogP contribution in [0.15, 0.2) is 85.1 Å². The third-order valence-corrected chi connectivity index (χ3v) is 8.36. The first-order valence-corrected chi connectivity index (χ1v) is 21.4. The second kappa shape index (κ2) is 37.2. The molecule has 0 aromatic carbocycles. The topological polar surface area (TPSA) is 136 Å². The van der Waals surface area contributed by atoms with Crippen molar-refractivity contribution in [3.8, 4) is 0 Å². The fraction of sp³-hybridized carbons (Fsp3) is 0.605. The molecule has 0 aromatic heterocycles. The van der Waals surface area contributed by atoms with E-state index in [0.717, 1.165) is 103 Å². The molecule has 1 atom stereocenters. The van der Waals surface area contributed by atoms with Crippen molar-refractivity contribution >= 4 is 25.5 Å². The van der Waals surface area contributed by atoms with Gasteiger partial charge in [-0.05, 0) is 83.1 Å². The number of esters is 2. The van der Waals surface area contributed by atoms with E-state index in [2.05, 4.69) is 85.2 Å². The Morgan fingerprint density at radius 3 is 1.68 bits per heavy atom. The lowest BCUT2D eigenvalue weighted by molar-refractivity contribution is -0.161. The smallest absolute Gasteiger partial charge is 0.462 e. The van der Waals surface area contributed by atoms with E-state index < -0.39 is 32.5 Å². The highest BCUT2D eigenvalue weighted by Gasteiger charge is 2.22. The summed E-state index contributed by atoms with van der Waals surface area (Å²) in [5.41, 5.74) is 0. The molecule has 0 saturated heterocycles. The van der Waals surface area contributed by atoms with Gasteiger partial charge in [-0.1, -0.05) is 131 Å². The van der Waals surface area contributed by atoms with Gasteiger partial charge in [0.2, 0.25) is 0 Å². The van der Waals surface area contributed by atoms with Gasteiger partial charge in [-0.2, -0.15) is 0 Å². The first-order chi connectivity index (χ1) is 25.7. The van der Waals surface area contributed by atoms with E-state index in [-0.39, 0.29) is 25.2 Å². The number of rotatable bonds is 35. The van der Waals surface area contributed by atoms with Crippen LogP contribution in [0.25, 0.3) is 0 Å². The van der Waals surface area contributed by atoms with E-state index in [1.54, 1.807) is 12.2 Å². The molecule has 53 heavy (non-hydrogen) atoms. The van der Waals surface area contributed by atoms with E-state index >= 15 is 0 Å². The van der Waals surface area contributed by atoms with Gasteiger partial charge in [0, 0.05) is 19.3 Å². The van der Waals surface area contributed by atoms with E-state index in [9.17, 15) is 18.9 Å². The minimum absolute atomic E-state index is 0.150. The van der Waals surface area contributed by atoms with Crippen LogP contribution in [0.2, 0.25) is 0 Å². The highest BCUT2D eigenvalue weighted by Crippen LogP contribution is 2.36. The Labute approximate surface area is 320 Å². The molecule has 0 aliphatic carbocycles. The molecule has 0 heterocycles. The van der Waals surface area contributed by atoms with Crippen LogP contribution in [-0.4, -0.2) is 46.8 Å². The summed E-state index contributed by atoms with van der Waals surface area (Å²) in [6, 6.07) is 0. The van der Waals surface area contributed by atoms with Gasteiger partial charge in [0.25, 0.3) is 0 Å². The second-order valence-electron chi connectivity index (χ2n) is 12.9. The average Bonchev–Trinajstić information content (AvgIpc) is 3.12. The Kier molecular flexibility index (Phi) is 35.0. The molecule has 0 bridgehead atoms. The van der Waals surface area contributed by atoms with Gasteiger partial charge in [-0.25, -0.2) is 4.57 Å². The van der Waals surface area contributed by atoms with E-state index in [4.69, 9.17) is 19.3 Å². The Morgan fingerprint density at radius 2 is 1.08 bits per heavy atom. The van der Waals surface area contributed by atoms with Crippen LogP contribution in [0.1, 0.15) is 149 Å². The molecule has 0 radical (unpaired) electrons. The number of ketones is 1. The molecule has 10 heteroatoms. The number of phosphoric ester groups is 1.